The summed E-state index contributed by atoms with van der Waals surface area (Å²) in [5, 5.41) is 11.4. The molecule has 6 nitrogen and oxygen atoms in total. The molecule has 0 aliphatic heterocycles. The van der Waals surface area contributed by atoms with Gasteiger partial charge in [-0.3, -0.25) is 10.1 Å². The zero-order valence-corrected chi connectivity index (χ0v) is 11.2. The SMILES string of the molecule is COCCN(CCC(=N)N)CCc1ccnn1C. The van der Waals surface area contributed by atoms with Crippen LogP contribution >= 0.6 is 0 Å². The van der Waals surface area contributed by atoms with E-state index in [4.69, 9.17) is 15.9 Å². The van der Waals surface area contributed by atoms with E-state index in [1.165, 1.54) is 5.69 Å². The van der Waals surface area contributed by atoms with E-state index in [0.717, 1.165) is 26.1 Å². The van der Waals surface area contributed by atoms with Crippen molar-refractivity contribution in [2.45, 2.75) is 12.8 Å². The Bertz CT molecular complexity index is 363. The van der Waals surface area contributed by atoms with Gasteiger partial charge in [0.25, 0.3) is 0 Å². The lowest BCUT2D eigenvalue weighted by atomic mass is 10.2. The minimum atomic E-state index is 0.234. The van der Waals surface area contributed by atoms with Crippen LogP contribution in [0.15, 0.2) is 12.3 Å². The van der Waals surface area contributed by atoms with Crippen molar-refractivity contribution in [3.05, 3.63) is 18.0 Å². The number of hydrogen-bond donors (Lipinski definition) is 2. The Balaban J connectivity index is 2.39. The van der Waals surface area contributed by atoms with Crippen molar-refractivity contribution in [2.75, 3.05) is 33.4 Å². The van der Waals surface area contributed by atoms with Gasteiger partial charge in [-0.2, -0.15) is 5.10 Å². The Morgan fingerprint density at radius 1 is 1.50 bits per heavy atom. The van der Waals surface area contributed by atoms with E-state index in [1.807, 2.05) is 24.0 Å². The van der Waals surface area contributed by atoms with E-state index in [9.17, 15) is 0 Å². The fourth-order valence-electron chi connectivity index (χ4n) is 1.75. The molecule has 102 valence electrons. The molecule has 18 heavy (non-hydrogen) atoms. The number of methoxy groups -OCH3 is 1. The molecule has 0 aliphatic carbocycles. The molecule has 0 amide bonds. The maximum atomic E-state index is 7.28. The fraction of sp³-hybridized carbons (Fsp3) is 0.667. The molecule has 0 atom stereocenters. The number of hydrogen-bond acceptors (Lipinski definition) is 4. The second-order valence-electron chi connectivity index (χ2n) is 4.31. The quantitative estimate of drug-likeness (QED) is 0.488. The largest absolute Gasteiger partial charge is 0.388 e. The van der Waals surface area contributed by atoms with Crippen molar-refractivity contribution in [3.8, 4) is 0 Å². The molecule has 0 bridgehead atoms. The van der Waals surface area contributed by atoms with Crippen molar-refractivity contribution in [3.63, 3.8) is 0 Å². The lowest BCUT2D eigenvalue weighted by Gasteiger charge is -2.21. The minimum Gasteiger partial charge on any atom is -0.388 e. The number of ether oxygens (including phenoxy) is 1. The summed E-state index contributed by atoms with van der Waals surface area (Å²) < 4.78 is 6.98. The molecule has 1 aromatic heterocycles. The molecule has 0 saturated heterocycles. The van der Waals surface area contributed by atoms with Crippen LogP contribution in [0, 0.1) is 5.41 Å². The van der Waals surface area contributed by atoms with Crippen LogP contribution < -0.4 is 5.73 Å². The minimum absolute atomic E-state index is 0.234. The summed E-state index contributed by atoms with van der Waals surface area (Å²) in [5.74, 6) is 0.234. The number of nitrogens with zero attached hydrogens (tertiary/aromatic N) is 3. The zero-order valence-electron chi connectivity index (χ0n) is 11.2. The first-order chi connectivity index (χ1) is 8.63. The topological polar surface area (TPSA) is 80.2 Å². The van der Waals surface area contributed by atoms with Crippen LogP contribution in [0.5, 0.6) is 0 Å². The van der Waals surface area contributed by atoms with Gasteiger partial charge in [-0.15, -0.1) is 0 Å². The molecular formula is C12H23N5O. The van der Waals surface area contributed by atoms with Gasteiger partial charge in [0.05, 0.1) is 12.4 Å². The van der Waals surface area contributed by atoms with Crippen molar-refractivity contribution in [1.82, 2.24) is 14.7 Å². The summed E-state index contributed by atoms with van der Waals surface area (Å²) in [7, 11) is 3.65. The summed E-state index contributed by atoms with van der Waals surface area (Å²) in [5.41, 5.74) is 6.60. The smallest absolute Gasteiger partial charge is 0.0918 e. The first-order valence-electron chi connectivity index (χ1n) is 6.14. The molecule has 0 saturated carbocycles. The molecule has 0 aromatic carbocycles. The van der Waals surface area contributed by atoms with Crippen LogP contribution in [-0.4, -0.2) is 53.9 Å². The number of amidine groups is 1. The van der Waals surface area contributed by atoms with Crippen LogP contribution in [0.3, 0.4) is 0 Å². The molecule has 0 aliphatic rings. The molecular weight excluding hydrogens is 230 g/mol. The van der Waals surface area contributed by atoms with Gasteiger partial charge in [0.15, 0.2) is 0 Å². The average Bonchev–Trinajstić information content (AvgIpc) is 2.74. The normalized spacial score (nSPS) is 11.1. The Labute approximate surface area is 108 Å². The maximum Gasteiger partial charge on any atom is 0.0918 e. The highest BCUT2D eigenvalue weighted by Crippen LogP contribution is 2.01. The first kappa shape index (κ1) is 14.7. The van der Waals surface area contributed by atoms with Gasteiger partial charge in [0.2, 0.25) is 0 Å². The van der Waals surface area contributed by atoms with E-state index in [0.29, 0.717) is 13.0 Å². The highest BCUT2D eigenvalue weighted by Gasteiger charge is 2.07. The third-order valence-corrected chi connectivity index (χ3v) is 2.92. The Morgan fingerprint density at radius 2 is 2.28 bits per heavy atom. The Morgan fingerprint density at radius 3 is 2.83 bits per heavy atom. The third-order valence-electron chi connectivity index (χ3n) is 2.92. The molecule has 6 heteroatoms. The number of rotatable bonds is 9. The molecule has 0 spiro atoms. The zero-order chi connectivity index (χ0) is 13.4. The lowest BCUT2D eigenvalue weighted by Crippen LogP contribution is -2.33. The van der Waals surface area contributed by atoms with Crippen LogP contribution in [0.2, 0.25) is 0 Å². The average molecular weight is 253 g/mol. The van der Waals surface area contributed by atoms with E-state index in [-0.39, 0.29) is 5.84 Å². The molecule has 1 aromatic rings. The van der Waals surface area contributed by atoms with Crippen LogP contribution in [0.4, 0.5) is 0 Å². The molecule has 3 N–H and O–H groups in total. The summed E-state index contributed by atoms with van der Waals surface area (Å²) in [4.78, 5) is 2.26. The highest BCUT2D eigenvalue weighted by molar-refractivity contribution is 5.76. The number of aryl methyl sites for hydroxylation is 1. The third kappa shape index (κ3) is 5.29. The fourth-order valence-corrected chi connectivity index (χ4v) is 1.75. The molecule has 1 heterocycles. The Hall–Kier alpha value is -1.40. The number of nitrogens with two attached hydrogens (primary N) is 1. The molecule has 1 rings (SSSR count). The van der Waals surface area contributed by atoms with Gasteiger partial charge < -0.3 is 15.4 Å². The van der Waals surface area contributed by atoms with Crippen LogP contribution in [0.1, 0.15) is 12.1 Å². The number of aromatic nitrogens is 2. The summed E-state index contributed by atoms with van der Waals surface area (Å²) >= 11 is 0. The van der Waals surface area contributed by atoms with Gasteiger partial charge in [-0.25, -0.2) is 0 Å². The van der Waals surface area contributed by atoms with Gasteiger partial charge in [0, 0.05) is 58.5 Å². The van der Waals surface area contributed by atoms with Crippen molar-refractivity contribution in [2.24, 2.45) is 12.8 Å². The first-order valence-corrected chi connectivity index (χ1v) is 6.14. The summed E-state index contributed by atoms with van der Waals surface area (Å²) in [6, 6.07) is 2.03. The van der Waals surface area contributed by atoms with E-state index in [2.05, 4.69) is 10.00 Å². The predicted molar refractivity (Wildman–Crippen MR) is 71.8 cm³/mol. The number of nitrogens with one attached hydrogen (secondary N) is 1. The standard InChI is InChI=1S/C12H23N5O/c1-16-11(3-6-15-16)4-7-17(9-10-18-2)8-5-12(13)14/h3,6H,4-5,7-10H2,1-2H3,(H3,13,14). The van der Waals surface area contributed by atoms with E-state index >= 15 is 0 Å². The highest BCUT2D eigenvalue weighted by atomic mass is 16.5. The predicted octanol–water partition coefficient (Wildman–Crippen LogP) is 0.237. The van der Waals surface area contributed by atoms with Crippen LogP contribution in [0.25, 0.3) is 0 Å². The Kier molecular flexibility index (Phi) is 6.38. The molecule has 0 unspecified atom stereocenters. The van der Waals surface area contributed by atoms with Gasteiger partial charge in [-0.1, -0.05) is 0 Å². The molecule has 0 radical (unpaired) electrons. The summed E-state index contributed by atoms with van der Waals surface area (Å²) in [6.45, 7) is 3.29. The second-order valence-corrected chi connectivity index (χ2v) is 4.31. The van der Waals surface area contributed by atoms with Gasteiger partial charge in [0.1, 0.15) is 0 Å². The van der Waals surface area contributed by atoms with Crippen LogP contribution in [-0.2, 0) is 18.2 Å². The summed E-state index contributed by atoms with van der Waals surface area (Å²) in [6.07, 6.45) is 3.36. The van der Waals surface area contributed by atoms with Crippen molar-refractivity contribution < 1.29 is 4.74 Å². The van der Waals surface area contributed by atoms with Gasteiger partial charge in [-0.05, 0) is 6.07 Å². The maximum absolute atomic E-state index is 7.28. The monoisotopic (exact) mass is 253 g/mol. The second kappa shape index (κ2) is 7.84. The van der Waals surface area contributed by atoms with Crippen molar-refractivity contribution in [1.29, 1.82) is 5.41 Å². The van der Waals surface area contributed by atoms with E-state index in [1.54, 1.807) is 7.11 Å². The molecule has 0 fully saturated rings. The van der Waals surface area contributed by atoms with E-state index < -0.39 is 0 Å². The lowest BCUT2D eigenvalue weighted by molar-refractivity contribution is 0.149. The van der Waals surface area contributed by atoms with Gasteiger partial charge >= 0.3 is 0 Å². The van der Waals surface area contributed by atoms with Crippen molar-refractivity contribution >= 4 is 5.84 Å².